The van der Waals surface area contributed by atoms with Gasteiger partial charge in [-0.1, -0.05) is 68.7 Å². The highest BCUT2D eigenvalue weighted by Gasteiger charge is 2.15. The summed E-state index contributed by atoms with van der Waals surface area (Å²) in [7, 11) is 0. The van der Waals surface area contributed by atoms with Crippen molar-refractivity contribution in [3.63, 3.8) is 0 Å². The molecule has 0 aromatic rings. The van der Waals surface area contributed by atoms with Crippen LogP contribution in [0.4, 0.5) is 0 Å². The van der Waals surface area contributed by atoms with Crippen LogP contribution in [0.1, 0.15) is 68.7 Å². The molecule has 0 bridgehead atoms. The lowest BCUT2D eigenvalue weighted by Crippen LogP contribution is -2.37. The fourth-order valence-corrected chi connectivity index (χ4v) is 3.22. The fraction of sp³-hybridized carbons (Fsp3) is 1.00. The number of hydrogen-bond acceptors (Lipinski definition) is 3. The van der Waals surface area contributed by atoms with Crippen molar-refractivity contribution in [2.24, 2.45) is 29.6 Å². The van der Waals surface area contributed by atoms with E-state index in [9.17, 15) is 0 Å². The molecule has 3 heteroatoms. The standard InChI is InChI=1S/C23H50N2O/c1-10-22(8)17-25(18-23(9)21(6)7)12-14-26-13-11-24(15-19(2)3)16-20(4)5/h19-23H,10-18H2,1-9H3. The molecule has 26 heavy (non-hydrogen) atoms. The van der Waals surface area contributed by atoms with Gasteiger partial charge in [-0.15, -0.1) is 0 Å². The Hall–Kier alpha value is -0.120. The van der Waals surface area contributed by atoms with E-state index in [1.54, 1.807) is 0 Å². The van der Waals surface area contributed by atoms with Crippen molar-refractivity contribution in [2.45, 2.75) is 68.7 Å². The monoisotopic (exact) mass is 370 g/mol. The molecule has 0 aromatic carbocycles. The SMILES string of the molecule is CCC(C)CN(CCOCCN(CC(C)C)CC(C)C)CC(C)C(C)C. The minimum Gasteiger partial charge on any atom is -0.379 e. The lowest BCUT2D eigenvalue weighted by molar-refractivity contribution is 0.0682. The first-order valence-corrected chi connectivity index (χ1v) is 11.2. The summed E-state index contributed by atoms with van der Waals surface area (Å²) in [4.78, 5) is 5.19. The zero-order valence-corrected chi connectivity index (χ0v) is 19.6. The average molecular weight is 371 g/mol. The van der Waals surface area contributed by atoms with Crippen LogP contribution in [0.2, 0.25) is 0 Å². The van der Waals surface area contributed by atoms with Crippen LogP contribution in [-0.2, 0) is 4.74 Å². The van der Waals surface area contributed by atoms with Crippen LogP contribution < -0.4 is 0 Å². The Labute approximate surface area is 165 Å². The van der Waals surface area contributed by atoms with Crippen molar-refractivity contribution in [1.29, 1.82) is 0 Å². The van der Waals surface area contributed by atoms with E-state index in [1.165, 1.54) is 32.6 Å². The molecule has 0 aliphatic carbocycles. The molecule has 0 heterocycles. The predicted octanol–water partition coefficient (Wildman–Crippen LogP) is 5.26. The summed E-state index contributed by atoms with van der Waals surface area (Å²) in [6, 6.07) is 0. The molecule has 0 fully saturated rings. The van der Waals surface area contributed by atoms with E-state index < -0.39 is 0 Å². The molecular weight excluding hydrogens is 320 g/mol. The molecule has 0 spiro atoms. The molecule has 0 saturated carbocycles. The van der Waals surface area contributed by atoms with E-state index in [-0.39, 0.29) is 0 Å². The maximum Gasteiger partial charge on any atom is 0.0594 e. The van der Waals surface area contributed by atoms with Crippen LogP contribution in [0.5, 0.6) is 0 Å². The summed E-state index contributed by atoms with van der Waals surface area (Å²) in [5.74, 6) is 3.69. The third-order valence-corrected chi connectivity index (χ3v) is 5.30. The quantitative estimate of drug-likeness (QED) is 0.345. The lowest BCUT2D eigenvalue weighted by Gasteiger charge is -2.30. The van der Waals surface area contributed by atoms with Crippen LogP contribution in [0.25, 0.3) is 0 Å². The molecule has 0 aliphatic rings. The molecule has 0 aliphatic heterocycles. The van der Waals surface area contributed by atoms with E-state index in [0.717, 1.165) is 55.9 Å². The second-order valence-corrected chi connectivity index (χ2v) is 9.65. The van der Waals surface area contributed by atoms with Crippen LogP contribution in [0.3, 0.4) is 0 Å². The molecule has 158 valence electrons. The Bertz CT molecular complexity index is 307. The third-order valence-electron chi connectivity index (χ3n) is 5.30. The Kier molecular flexibility index (Phi) is 14.8. The second kappa shape index (κ2) is 14.9. The largest absolute Gasteiger partial charge is 0.379 e. The molecule has 0 N–H and O–H groups in total. The van der Waals surface area contributed by atoms with E-state index in [0.29, 0.717) is 0 Å². The topological polar surface area (TPSA) is 15.7 Å². The molecule has 0 amide bonds. The second-order valence-electron chi connectivity index (χ2n) is 9.65. The number of hydrogen-bond donors (Lipinski definition) is 0. The Morgan fingerprint density at radius 2 is 1.12 bits per heavy atom. The average Bonchev–Trinajstić information content (AvgIpc) is 2.52. The first kappa shape index (κ1) is 25.9. The first-order valence-electron chi connectivity index (χ1n) is 11.2. The maximum absolute atomic E-state index is 6.03. The Morgan fingerprint density at radius 1 is 0.654 bits per heavy atom. The normalized spacial score (nSPS) is 15.0. The van der Waals surface area contributed by atoms with E-state index in [1.807, 2.05) is 0 Å². The summed E-state index contributed by atoms with van der Waals surface area (Å²) in [6.45, 7) is 29.5. The fourth-order valence-electron chi connectivity index (χ4n) is 3.22. The van der Waals surface area contributed by atoms with Crippen molar-refractivity contribution < 1.29 is 4.74 Å². The minimum absolute atomic E-state index is 0.720. The minimum atomic E-state index is 0.720. The highest BCUT2D eigenvalue weighted by Crippen LogP contribution is 2.13. The third kappa shape index (κ3) is 14.0. The molecule has 2 unspecified atom stereocenters. The molecule has 3 nitrogen and oxygen atoms in total. The van der Waals surface area contributed by atoms with E-state index in [2.05, 4.69) is 72.1 Å². The predicted molar refractivity (Wildman–Crippen MR) is 117 cm³/mol. The number of ether oxygens (including phenoxy) is 1. The lowest BCUT2D eigenvalue weighted by atomic mass is 9.97. The van der Waals surface area contributed by atoms with Crippen molar-refractivity contribution >= 4 is 0 Å². The summed E-state index contributed by atoms with van der Waals surface area (Å²) >= 11 is 0. The van der Waals surface area contributed by atoms with Gasteiger partial charge in [0.2, 0.25) is 0 Å². The van der Waals surface area contributed by atoms with Crippen LogP contribution in [0.15, 0.2) is 0 Å². The zero-order valence-electron chi connectivity index (χ0n) is 19.6. The van der Waals surface area contributed by atoms with Gasteiger partial charge < -0.3 is 14.5 Å². The highest BCUT2D eigenvalue weighted by atomic mass is 16.5. The van der Waals surface area contributed by atoms with Crippen molar-refractivity contribution in [1.82, 2.24) is 9.80 Å². The van der Waals surface area contributed by atoms with Crippen molar-refractivity contribution in [2.75, 3.05) is 52.5 Å². The van der Waals surface area contributed by atoms with Crippen LogP contribution >= 0.6 is 0 Å². The smallest absolute Gasteiger partial charge is 0.0594 e. The summed E-state index contributed by atoms with van der Waals surface area (Å²) < 4.78 is 6.03. The molecule has 0 rings (SSSR count). The van der Waals surface area contributed by atoms with Crippen LogP contribution in [0, 0.1) is 29.6 Å². The molecule has 0 saturated heterocycles. The van der Waals surface area contributed by atoms with Crippen molar-refractivity contribution in [3.05, 3.63) is 0 Å². The Morgan fingerprint density at radius 3 is 1.50 bits per heavy atom. The van der Waals surface area contributed by atoms with E-state index in [4.69, 9.17) is 4.74 Å². The van der Waals surface area contributed by atoms with Gasteiger partial charge in [0.25, 0.3) is 0 Å². The van der Waals surface area contributed by atoms with Gasteiger partial charge in [0, 0.05) is 39.3 Å². The Balaban J connectivity index is 4.25. The molecule has 2 atom stereocenters. The summed E-state index contributed by atoms with van der Waals surface area (Å²) in [6.07, 6.45) is 1.26. The molecular formula is C23H50N2O. The molecule has 0 radical (unpaired) electrons. The van der Waals surface area contributed by atoms with Gasteiger partial charge in [-0.25, -0.2) is 0 Å². The van der Waals surface area contributed by atoms with Gasteiger partial charge in [-0.05, 0) is 29.6 Å². The van der Waals surface area contributed by atoms with Gasteiger partial charge in [0.15, 0.2) is 0 Å². The van der Waals surface area contributed by atoms with Gasteiger partial charge in [-0.3, -0.25) is 0 Å². The maximum atomic E-state index is 6.03. The summed E-state index contributed by atoms with van der Waals surface area (Å²) in [5.41, 5.74) is 0. The number of nitrogens with zero attached hydrogens (tertiary/aromatic N) is 2. The molecule has 0 aromatic heterocycles. The van der Waals surface area contributed by atoms with Gasteiger partial charge >= 0.3 is 0 Å². The first-order chi connectivity index (χ1) is 12.1. The zero-order chi connectivity index (χ0) is 20.1. The van der Waals surface area contributed by atoms with Crippen molar-refractivity contribution in [3.8, 4) is 0 Å². The summed E-state index contributed by atoms with van der Waals surface area (Å²) in [5, 5.41) is 0. The highest BCUT2D eigenvalue weighted by molar-refractivity contribution is 4.68. The van der Waals surface area contributed by atoms with E-state index >= 15 is 0 Å². The number of rotatable bonds is 16. The van der Waals surface area contributed by atoms with Gasteiger partial charge in [0.05, 0.1) is 13.2 Å². The van der Waals surface area contributed by atoms with Gasteiger partial charge in [0.1, 0.15) is 0 Å². The van der Waals surface area contributed by atoms with Gasteiger partial charge in [-0.2, -0.15) is 0 Å². The van der Waals surface area contributed by atoms with Crippen LogP contribution in [-0.4, -0.2) is 62.3 Å².